The third-order valence-corrected chi connectivity index (χ3v) is 2.82. The van der Waals surface area contributed by atoms with Crippen LogP contribution in [0.3, 0.4) is 0 Å². The van der Waals surface area contributed by atoms with Gasteiger partial charge in [-0.1, -0.05) is 13.8 Å². The summed E-state index contributed by atoms with van der Waals surface area (Å²) in [5.74, 6) is 1.27. The summed E-state index contributed by atoms with van der Waals surface area (Å²) in [4.78, 5) is 8.34. The molecule has 0 amide bonds. The van der Waals surface area contributed by atoms with Gasteiger partial charge < -0.3 is 10.3 Å². The fraction of sp³-hybridized carbons (Fsp3) is 0.500. The van der Waals surface area contributed by atoms with Gasteiger partial charge in [0, 0.05) is 12.7 Å². The predicted molar refractivity (Wildman–Crippen MR) is 66.1 cm³/mol. The zero-order chi connectivity index (χ0) is 11.7. The molecule has 0 aliphatic rings. The standard InChI is InChI=1S/C12H18N4/c1-8(2)4-5-16-6-9(3)10-11(13)14-7-15-12(10)16/h6-8H,4-5H2,1-3H3,(H2,13,14,15). The Hall–Kier alpha value is -1.58. The highest BCUT2D eigenvalue weighted by molar-refractivity contribution is 5.89. The predicted octanol–water partition coefficient (Wildman–Crippen LogP) is 2.37. The molecule has 2 rings (SSSR count). The highest BCUT2D eigenvalue weighted by Crippen LogP contribution is 2.23. The maximum atomic E-state index is 5.86. The number of nitrogen functional groups attached to an aromatic ring is 1. The van der Waals surface area contributed by atoms with Crippen LogP contribution < -0.4 is 5.73 Å². The minimum absolute atomic E-state index is 0.575. The van der Waals surface area contributed by atoms with Crippen molar-refractivity contribution in [3.8, 4) is 0 Å². The van der Waals surface area contributed by atoms with Gasteiger partial charge >= 0.3 is 0 Å². The van der Waals surface area contributed by atoms with E-state index in [9.17, 15) is 0 Å². The molecule has 0 spiro atoms. The molecule has 86 valence electrons. The number of rotatable bonds is 3. The van der Waals surface area contributed by atoms with Gasteiger partial charge in [-0.2, -0.15) is 0 Å². The summed E-state index contributed by atoms with van der Waals surface area (Å²) in [6, 6.07) is 0. The topological polar surface area (TPSA) is 56.7 Å². The number of nitrogens with two attached hydrogens (primary N) is 1. The van der Waals surface area contributed by atoms with Gasteiger partial charge in [-0.05, 0) is 24.8 Å². The Balaban J connectivity index is 2.43. The largest absolute Gasteiger partial charge is 0.383 e. The number of hydrogen-bond acceptors (Lipinski definition) is 3. The Labute approximate surface area is 95.5 Å². The van der Waals surface area contributed by atoms with Crippen molar-refractivity contribution in [2.75, 3.05) is 5.73 Å². The Bertz CT molecular complexity index is 499. The molecule has 0 fully saturated rings. The lowest BCUT2D eigenvalue weighted by Crippen LogP contribution is -2.01. The van der Waals surface area contributed by atoms with Crippen LogP contribution in [0.2, 0.25) is 0 Å². The van der Waals surface area contributed by atoms with Crippen LogP contribution in [0.4, 0.5) is 5.82 Å². The summed E-state index contributed by atoms with van der Waals surface area (Å²) in [6.07, 6.45) is 4.79. The van der Waals surface area contributed by atoms with Gasteiger partial charge in [0.15, 0.2) is 0 Å². The Morgan fingerprint density at radius 1 is 1.38 bits per heavy atom. The summed E-state index contributed by atoms with van der Waals surface area (Å²) >= 11 is 0. The van der Waals surface area contributed by atoms with Gasteiger partial charge in [0.2, 0.25) is 0 Å². The van der Waals surface area contributed by atoms with Crippen molar-refractivity contribution in [3.05, 3.63) is 18.1 Å². The van der Waals surface area contributed by atoms with Crippen molar-refractivity contribution < 1.29 is 0 Å². The maximum Gasteiger partial charge on any atom is 0.145 e. The molecule has 0 aliphatic carbocycles. The third-order valence-electron chi connectivity index (χ3n) is 2.82. The SMILES string of the molecule is Cc1cn(CCC(C)C)c2ncnc(N)c12. The lowest BCUT2D eigenvalue weighted by molar-refractivity contribution is 0.522. The summed E-state index contributed by atoms with van der Waals surface area (Å²) in [6.45, 7) is 7.48. The minimum atomic E-state index is 0.575. The smallest absolute Gasteiger partial charge is 0.145 e. The van der Waals surface area contributed by atoms with Gasteiger partial charge in [0.1, 0.15) is 17.8 Å². The molecule has 0 saturated carbocycles. The third kappa shape index (κ3) is 1.87. The van der Waals surface area contributed by atoms with Crippen molar-refractivity contribution in [2.24, 2.45) is 5.92 Å². The van der Waals surface area contributed by atoms with E-state index >= 15 is 0 Å². The lowest BCUT2D eigenvalue weighted by atomic mass is 10.1. The van der Waals surface area contributed by atoms with E-state index in [0.29, 0.717) is 11.7 Å². The van der Waals surface area contributed by atoms with Crippen LogP contribution in [0.5, 0.6) is 0 Å². The minimum Gasteiger partial charge on any atom is -0.383 e. The molecule has 2 heterocycles. The molecule has 2 aromatic heterocycles. The van der Waals surface area contributed by atoms with E-state index in [-0.39, 0.29) is 0 Å². The average molecular weight is 218 g/mol. The second-order valence-corrected chi connectivity index (χ2v) is 4.65. The second-order valence-electron chi connectivity index (χ2n) is 4.65. The maximum absolute atomic E-state index is 5.86. The molecular weight excluding hydrogens is 200 g/mol. The molecule has 0 radical (unpaired) electrons. The normalized spacial score (nSPS) is 11.5. The average Bonchev–Trinajstić information content (AvgIpc) is 2.54. The molecule has 0 unspecified atom stereocenters. The molecule has 4 heteroatoms. The number of aryl methyl sites for hydroxylation is 2. The monoisotopic (exact) mass is 218 g/mol. The van der Waals surface area contributed by atoms with Crippen LogP contribution in [-0.4, -0.2) is 14.5 Å². The first-order valence-electron chi connectivity index (χ1n) is 5.65. The molecule has 0 bridgehead atoms. The van der Waals surface area contributed by atoms with Crippen molar-refractivity contribution in [1.29, 1.82) is 0 Å². The summed E-state index contributed by atoms with van der Waals surface area (Å²) in [7, 11) is 0. The van der Waals surface area contributed by atoms with Crippen molar-refractivity contribution >= 4 is 16.9 Å². The van der Waals surface area contributed by atoms with Crippen LogP contribution >= 0.6 is 0 Å². The fourth-order valence-corrected chi connectivity index (χ4v) is 1.91. The van der Waals surface area contributed by atoms with Gasteiger partial charge in [0.05, 0.1) is 5.39 Å². The fourth-order valence-electron chi connectivity index (χ4n) is 1.91. The molecule has 2 N–H and O–H groups in total. The van der Waals surface area contributed by atoms with Gasteiger partial charge in [-0.25, -0.2) is 9.97 Å². The first-order valence-corrected chi connectivity index (χ1v) is 5.65. The van der Waals surface area contributed by atoms with Crippen LogP contribution in [0.15, 0.2) is 12.5 Å². The first-order chi connectivity index (χ1) is 7.59. The molecule has 0 saturated heterocycles. The van der Waals surface area contributed by atoms with Crippen molar-refractivity contribution in [3.63, 3.8) is 0 Å². The van der Waals surface area contributed by atoms with Crippen molar-refractivity contribution in [1.82, 2.24) is 14.5 Å². The van der Waals surface area contributed by atoms with Crippen LogP contribution in [0.25, 0.3) is 11.0 Å². The van der Waals surface area contributed by atoms with E-state index in [2.05, 4.69) is 34.6 Å². The second kappa shape index (κ2) is 4.12. The van der Waals surface area contributed by atoms with Crippen LogP contribution in [-0.2, 0) is 6.54 Å². The van der Waals surface area contributed by atoms with Gasteiger partial charge in [0.25, 0.3) is 0 Å². The number of anilines is 1. The molecular formula is C12H18N4. The van der Waals surface area contributed by atoms with E-state index in [4.69, 9.17) is 5.73 Å². The van der Waals surface area contributed by atoms with E-state index in [1.54, 1.807) is 0 Å². The Kier molecular flexibility index (Phi) is 2.81. The number of nitrogens with zero attached hydrogens (tertiary/aromatic N) is 3. The molecule has 0 aliphatic heterocycles. The summed E-state index contributed by atoms with van der Waals surface area (Å²) in [5, 5.41) is 0.992. The number of aromatic nitrogens is 3. The van der Waals surface area contributed by atoms with Gasteiger partial charge in [-0.3, -0.25) is 0 Å². The highest BCUT2D eigenvalue weighted by Gasteiger charge is 2.10. The molecule has 0 aromatic carbocycles. The first kappa shape index (κ1) is 10.9. The number of fused-ring (bicyclic) bond motifs is 1. The number of hydrogen-bond donors (Lipinski definition) is 1. The van der Waals surface area contributed by atoms with E-state index in [0.717, 1.165) is 29.6 Å². The molecule has 0 atom stereocenters. The quantitative estimate of drug-likeness (QED) is 0.860. The van der Waals surface area contributed by atoms with Crippen LogP contribution in [0.1, 0.15) is 25.8 Å². The zero-order valence-electron chi connectivity index (χ0n) is 10.1. The zero-order valence-corrected chi connectivity index (χ0v) is 10.1. The van der Waals surface area contributed by atoms with E-state index in [1.807, 2.05) is 6.92 Å². The molecule has 2 aromatic rings. The van der Waals surface area contributed by atoms with Crippen LogP contribution in [0, 0.1) is 12.8 Å². The Morgan fingerprint density at radius 3 is 2.81 bits per heavy atom. The Morgan fingerprint density at radius 2 is 2.12 bits per heavy atom. The van der Waals surface area contributed by atoms with E-state index < -0.39 is 0 Å². The lowest BCUT2D eigenvalue weighted by Gasteiger charge is -2.06. The van der Waals surface area contributed by atoms with Gasteiger partial charge in [-0.15, -0.1) is 0 Å². The summed E-state index contributed by atoms with van der Waals surface area (Å²) in [5.41, 5.74) is 7.96. The molecule has 4 nitrogen and oxygen atoms in total. The van der Waals surface area contributed by atoms with E-state index in [1.165, 1.54) is 6.33 Å². The molecule has 16 heavy (non-hydrogen) atoms. The highest BCUT2D eigenvalue weighted by atomic mass is 15.1. The summed E-state index contributed by atoms with van der Waals surface area (Å²) < 4.78 is 2.17. The van der Waals surface area contributed by atoms with Crippen molar-refractivity contribution in [2.45, 2.75) is 33.7 Å².